The summed E-state index contributed by atoms with van der Waals surface area (Å²) >= 11 is 0. The molecule has 0 saturated heterocycles. The molecule has 0 aliphatic carbocycles. The standard InChI is InChI=1S/C9H22N2/c1-5-9(8(2)3)11(4)7-6-10/h8-9H,5-7,10H2,1-4H3. The van der Waals surface area contributed by atoms with Crippen LogP contribution in [0.2, 0.25) is 0 Å². The van der Waals surface area contributed by atoms with Crippen molar-refractivity contribution in [3.05, 3.63) is 0 Å². The average Bonchev–Trinajstić information content (AvgIpc) is 1.88. The summed E-state index contributed by atoms with van der Waals surface area (Å²) in [6, 6.07) is 0.693. The van der Waals surface area contributed by atoms with E-state index in [1.807, 2.05) is 0 Å². The van der Waals surface area contributed by atoms with Crippen LogP contribution in [0.25, 0.3) is 0 Å². The number of nitrogens with zero attached hydrogens (tertiary/aromatic N) is 1. The second-order valence-corrected chi connectivity index (χ2v) is 3.49. The lowest BCUT2D eigenvalue weighted by molar-refractivity contribution is 0.191. The first-order chi connectivity index (χ1) is 5.13. The fourth-order valence-corrected chi connectivity index (χ4v) is 1.66. The maximum Gasteiger partial charge on any atom is 0.0113 e. The predicted octanol–water partition coefficient (Wildman–Crippen LogP) is 1.31. The van der Waals surface area contributed by atoms with Crippen molar-refractivity contribution >= 4 is 0 Å². The third-order valence-corrected chi connectivity index (χ3v) is 2.24. The first-order valence-corrected chi connectivity index (χ1v) is 4.53. The first kappa shape index (κ1) is 10.9. The molecule has 0 rings (SSSR count). The van der Waals surface area contributed by atoms with Crippen molar-refractivity contribution in [2.45, 2.75) is 33.2 Å². The van der Waals surface area contributed by atoms with Crippen LogP contribution in [0.5, 0.6) is 0 Å². The Kier molecular flexibility index (Phi) is 5.51. The third kappa shape index (κ3) is 3.73. The van der Waals surface area contributed by atoms with E-state index in [1.54, 1.807) is 0 Å². The Labute approximate surface area is 70.8 Å². The van der Waals surface area contributed by atoms with Crippen molar-refractivity contribution in [2.75, 3.05) is 20.1 Å². The topological polar surface area (TPSA) is 29.3 Å². The van der Waals surface area contributed by atoms with Gasteiger partial charge < -0.3 is 10.6 Å². The van der Waals surface area contributed by atoms with Crippen molar-refractivity contribution in [3.8, 4) is 0 Å². The van der Waals surface area contributed by atoms with Gasteiger partial charge in [0.25, 0.3) is 0 Å². The van der Waals surface area contributed by atoms with E-state index in [1.165, 1.54) is 6.42 Å². The Balaban J connectivity index is 3.81. The molecule has 1 unspecified atom stereocenters. The van der Waals surface area contributed by atoms with Gasteiger partial charge in [-0.25, -0.2) is 0 Å². The average molecular weight is 158 g/mol. The van der Waals surface area contributed by atoms with E-state index < -0.39 is 0 Å². The molecule has 0 aliphatic heterocycles. The van der Waals surface area contributed by atoms with E-state index >= 15 is 0 Å². The number of hydrogen-bond acceptors (Lipinski definition) is 2. The van der Waals surface area contributed by atoms with Gasteiger partial charge in [0.15, 0.2) is 0 Å². The molecule has 1 atom stereocenters. The minimum atomic E-state index is 0.693. The van der Waals surface area contributed by atoms with Gasteiger partial charge in [-0.3, -0.25) is 0 Å². The minimum absolute atomic E-state index is 0.693. The van der Waals surface area contributed by atoms with Gasteiger partial charge in [-0.05, 0) is 19.4 Å². The van der Waals surface area contributed by atoms with E-state index in [0.29, 0.717) is 6.04 Å². The Morgan fingerprint density at radius 1 is 1.36 bits per heavy atom. The lowest BCUT2D eigenvalue weighted by Gasteiger charge is -2.29. The van der Waals surface area contributed by atoms with Crippen LogP contribution >= 0.6 is 0 Å². The van der Waals surface area contributed by atoms with Crippen LogP contribution in [0, 0.1) is 5.92 Å². The summed E-state index contributed by atoms with van der Waals surface area (Å²) in [5.41, 5.74) is 5.48. The van der Waals surface area contributed by atoms with Gasteiger partial charge in [0.2, 0.25) is 0 Å². The zero-order valence-electron chi connectivity index (χ0n) is 8.30. The van der Waals surface area contributed by atoms with E-state index in [-0.39, 0.29) is 0 Å². The summed E-state index contributed by atoms with van der Waals surface area (Å²) < 4.78 is 0. The highest BCUT2D eigenvalue weighted by molar-refractivity contribution is 4.70. The Morgan fingerprint density at radius 2 is 1.91 bits per heavy atom. The Bertz CT molecular complexity index is 91.6. The molecule has 0 spiro atoms. The van der Waals surface area contributed by atoms with Gasteiger partial charge in [0.05, 0.1) is 0 Å². The fourth-order valence-electron chi connectivity index (χ4n) is 1.66. The van der Waals surface area contributed by atoms with Crippen molar-refractivity contribution in [1.82, 2.24) is 4.90 Å². The Morgan fingerprint density at radius 3 is 2.18 bits per heavy atom. The van der Waals surface area contributed by atoms with Gasteiger partial charge in [-0.2, -0.15) is 0 Å². The molecule has 0 amide bonds. The first-order valence-electron chi connectivity index (χ1n) is 4.53. The smallest absolute Gasteiger partial charge is 0.0113 e. The molecule has 0 heterocycles. The van der Waals surface area contributed by atoms with E-state index in [0.717, 1.165) is 19.0 Å². The molecule has 2 nitrogen and oxygen atoms in total. The predicted molar refractivity (Wildman–Crippen MR) is 50.6 cm³/mol. The summed E-state index contributed by atoms with van der Waals surface area (Å²) in [6.45, 7) is 8.54. The van der Waals surface area contributed by atoms with E-state index in [9.17, 15) is 0 Å². The van der Waals surface area contributed by atoms with Crippen molar-refractivity contribution in [1.29, 1.82) is 0 Å². The molecule has 0 fully saturated rings. The molecular formula is C9H22N2. The molecule has 0 bridgehead atoms. The van der Waals surface area contributed by atoms with Crippen LogP contribution in [0.15, 0.2) is 0 Å². The van der Waals surface area contributed by atoms with E-state index in [2.05, 4.69) is 32.7 Å². The molecular weight excluding hydrogens is 136 g/mol. The van der Waals surface area contributed by atoms with Crippen LogP contribution in [-0.2, 0) is 0 Å². The van der Waals surface area contributed by atoms with Crippen LogP contribution < -0.4 is 5.73 Å². The lowest BCUT2D eigenvalue weighted by atomic mass is 10.0. The largest absolute Gasteiger partial charge is 0.329 e. The molecule has 0 aromatic heterocycles. The van der Waals surface area contributed by atoms with Crippen molar-refractivity contribution in [2.24, 2.45) is 11.7 Å². The molecule has 2 heteroatoms. The zero-order chi connectivity index (χ0) is 8.85. The summed E-state index contributed by atoms with van der Waals surface area (Å²) in [5, 5.41) is 0. The van der Waals surface area contributed by atoms with Gasteiger partial charge >= 0.3 is 0 Å². The second-order valence-electron chi connectivity index (χ2n) is 3.49. The fraction of sp³-hybridized carbons (Fsp3) is 1.00. The summed E-state index contributed by atoms with van der Waals surface area (Å²) in [4.78, 5) is 2.35. The van der Waals surface area contributed by atoms with Crippen molar-refractivity contribution in [3.63, 3.8) is 0 Å². The lowest BCUT2D eigenvalue weighted by Crippen LogP contribution is -2.38. The maximum atomic E-state index is 5.48. The van der Waals surface area contributed by atoms with Crippen LogP contribution in [0.3, 0.4) is 0 Å². The number of rotatable bonds is 5. The highest BCUT2D eigenvalue weighted by Crippen LogP contribution is 2.11. The second kappa shape index (κ2) is 5.56. The molecule has 0 radical (unpaired) electrons. The Hall–Kier alpha value is -0.0800. The molecule has 68 valence electrons. The van der Waals surface area contributed by atoms with Crippen LogP contribution in [0.1, 0.15) is 27.2 Å². The van der Waals surface area contributed by atoms with Gasteiger partial charge in [-0.15, -0.1) is 0 Å². The minimum Gasteiger partial charge on any atom is -0.329 e. The molecule has 2 N–H and O–H groups in total. The van der Waals surface area contributed by atoms with E-state index in [4.69, 9.17) is 5.73 Å². The molecule has 0 aromatic rings. The molecule has 11 heavy (non-hydrogen) atoms. The van der Waals surface area contributed by atoms with Gasteiger partial charge in [0, 0.05) is 19.1 Å². The molecule has 0 aromatic carbocycles. The monoisotopic (exact) mass is 158 g/mol. The number of hydrogen-bond donors (Lipinski definition) is 1. The quantitative estimate of drug-likeness (QED) is 0.653. The normalized spacial score (nSPS) is 14.5. The third-order valence-electron chi connectivity index (χ3n) is 2.24. The molecule has 0 aliphatic rings. The maximum absolute atomic E-state index is 5.48. The summed E-state index contributed by atoms with van der Waals surface area (Å²) in [5.74, 6) is 0.733. The van der Waals surface area contributed by atoms with Gasteiger partial charge in [0.1, 0.15) is 0 Å². The van der Waals surface area contributed by atoms with Crippen LogP contribution in [-0.4, -0.2) is 31.1 Å². The number of likely N-dealkylation sites (N-methyl/N-ethyl adjacent to an activating group) is 1. The van der Waals surface area contributed by atoms with Crippen LogP contribution in [0.4, 0.5) is 0 Å². The van der Waals surface area contributed by atoms with Gasteiger partial charge in [-0.1, -0.05) is 20.8 Å². The summed E-state index contributed by atoms with van der Waals surface area (Å²) in [7, 11) is 2.15. The zero-order valence-corrected chi connectivity index (χ0v) is 8.30. The molecule has 0 saturated carbocycles. The van der Waals surface area contributed by atoms with Crippen molar-refractivity contribution < 1.29 is 0 Å². The highest BCUT2D eigenvalue weighted by atomic mass is 15.1. The SMILES string of the molecule is CCC(C(C)C)N(C)CCN. The summed E-state index contributed by atoms with van der Waals surface area (Å²) in [6.07, 6.45) is 1.22. The number of nitrogens with two attached hydrogens (primary N) is 1. The highest BCUT2D eigenvalue weighted by Gasteiger charge is 2.14.